The fourth-order valence-electron chi connectivity index (χ4n) is 3.33. The van der Waals surface area contributed by atoms with Crippen LogP contribution in [0.1, 0.15) is 32.3 Å². The number of carbonyl (C=O) groups is 2. The van der Waals surface area contributed by atoms with Gasteiger partial charge in [-0.15, -0.1) is 0 Å². The highest BCUT2D eigenvalue weighted by atomic mass is 32.2. The minimum Gasteiger partial charge on any atom is -0.490 e. The average molecular weight is 492 g/mol. The summed E-state index contributed by atoms with van der Waals surface area (Å²) in [6.45, 7) is 4.21. The zero-order valence-corrected chi connectivity index (χ0v) is 20.2. The maximum absolute atomic E-state index is 12.5. The molecule has 0 saturated carbocycles. The normalized spacial score (nSPS) is 16.1. The molecule has 2 aromatic rings. The summed E-state index contributed by atoms with van der Waals surface area (Å²) < 4.78 is 11.4. The Bertz CT molecular complexity index is 1220. The number of benzene rings is 2. The van der Waals surface area contributed by atoms with E-state index in [9.17, 15) is 9.59 Å². The van der Waals surface area contributed by atoms with Gasteiger partial charge in [-0.05, 0) is 72.6 Å². The van der Waals surface area contributed by atoms with Gasteiger partial charge < -0.3 is 14.8 Å². The number of aliphatic imine (C=N–C) groups is 1. The summed E-state index contributed by atoms with van der Waals surface area (Å²) in [6, 6.07) is 14.3. The molecule has 0 aromatic heterocycles. The Balaban J connectivity index is 1.30. The van der Waals surface area contributed by atoms with Crippen molar-refractivity contribution in [3.8, 4) is 11.5 Å². The number of nitrogens with one attached hydrogen (secondary N) is 2. The van der Waals surface area contributed by atoms with Crippen LogP contribution >= 0.6 is 11.8 Å². The van der Waals surface area contributed by atoms with Gasteiger partial charge in [0.05, 0.1) is 5.57 Å². The van der Waals surface area contributed by atoms with E-state index in [2.05, 4.69) is 22.3 Å². The van der Waals surface area contributed by atoms with Gasteiger partial charge in [0.1, 0.15) is 29.8 Å². The number of hydrogen-bond donors (Lipinski definition) is 2. The topological polar surface area (TPSA) is 116 Å². The lowest BCUT2D eigenvalue weighted by Gasteiger charge is -2.20. The first-order valence-corrected chi connectivity index (χ1v) is 12.0. The smallest absolute Gasteiger partial charge is 0.283 e. The van der Waals surface area contributed by atoms with E-state index in [0.717, 1.165) is 23.4 Å². The van der Waals surface area contributed by atoms with E-state index in [1.54, 1.807) is 42.5 Å². The highest BCUT2D eigenvalue weighted by Gasteiger charge is 2.35. The minimum absolute atomic E-state index is 0.0289. The SMILES string of the molecule is CCCC1=NN2C(=N)/C(=C/c3ccc(OCCOc4ccc(NC(C)=O)cc4)cc3)C(=O)N=C2S1. The van der Waals surface area contributed by atoms with Crippen LogP contribution in [-0.2, 0) is 9.59 Å². The molecule has 2 aliphatic rings. The van der Waals surface area contributed by atoms with Crippen LogP contribution < -0.4 is 14.8 Å². The minimum atomic E-state index is -0.440. The summed E-state index contributed by atoms with van der Waals surface area (Å²) in [5.41, 5.74) is 1.66. The quantitative estimate of drug-likeness (QED) is 0.393. The van der Waals surface area contributed by atoms with E-state index >= 15 is 0 Å². The summed E-state index contributed by atoms with van der Waals surface area (Å²) in [5, 5.41) is 18.3. The van der Waals surface area contributed by atoms with Gasteiger partial charge in [0.2, 0.25) is 11.1 Å². The summed E-state index contributed by atoms with van der Waals surface area (Å²) in [5.74, 6) is 0.802. The van der Waals surface area contributed by atoms with Crippen molar-refractivity contribution >= 4 is 51.4 Å². The third kappa shape index (κ3) is 6.15. The van der Waals surface area contributed by atoms with E-state index in [-0.39, 0.29) is 17.3 Å². The van der Waals surface area contributed by atoms with E-state index in [0.29, 0.717) is 35.6 Å². The second-order valence-corrected chi connectivity index (χ2v) is 8.78. The number of amides is 2. The van der Waals surface area contributed by atoms with Crippen LogP contribution in [0.2, 0.25) is 0 Å². The Morgan fingerprint density at radius 1 is 1.09 bits per heavy atom. The van der Waals surface area contributed by atoms with Crippen LogP contribution in [0.4, 0.5) is 5.69 Å². The molecule has 0 radical (unpaired) electrons. The molecular weight excluding hydrogens is 466 g/mol. The molecule has 4 rings (SSSR count). The molecule has 0 aliphatic carbocycles. The van der Waals surface area contributed by atoms with Gasteiger partial charge in [-0.3, -0.25) is 15.0 Å². The van der Waals surface area contributed by atoms with Crippen molar-refractivity contribution in [3.05, 3.63) is 59.7 Å². The fraction of sp³-hybridized carbons (Fsp3) is 0.240. The van der Waals surface area contributed by atoms with Crippen LogP contribution in [0.5, 0.6) is 11.5 Å². The zero-order valence-electron chi connectivity index (χ0n) is 19.4. The highest BCUT2D eigenvalue weighted by Crippen LogP contribution is 2.30. The number of amidine groups is 2. The molecule has 0 saturated heterocycles. The Kier molecular flexibility index (Phi) is 7.61. The number of rotatable bonds is 9. The summed E-state index contributed by atoms with van der Waals surface area (Å²) in [6.07, 6.45) is 3.36. The van der Waals surface area contributed by atoms with Crippen molar-refractivity contribution in [1.82, 2.24) is 5.01 Å². The number of hydrogen-bond acceptors (Lipinski definition) is 7. The fourth-order valence-corrected chi connectivity index (χ4v) is 4.32. The first-order valence-electron chi connectivity index (χ1n) is 11.2. The average Bonchev–Trinajstić information content (AvgIpc) is 3.24. The van der Waals surface area contributed by atoms with Gasteiger partial charge in [0, 0.05) is 12.6 Å². The molecule has 35 heavy (non-hydrogen) atoms. The third-order valence-electron chi connectivity index (χ3n) is 4.95. The second-order valence-electron chi connectivity index (χ2n) is 7.74. The van der Waals surface area contributed by atoms with Crippen LogP contribution in [0.15, 0.2) is 64.2 Å². The van der Waals surface area contributed by atoms with E-state index in [1.807, 2.05) is 12.1 Å². The van der Waals surface area contributed by atoms with Crippen molar-refractivity contribution in [2.75, 3.05) is 18.5 Å². The van der Waals surface area contributed by atoms with Crippen molar-refractivity contribution in [1.29, 1.82) is 5.41 Å². The number of anilines is 1. The first kappa shape index (κ1) is 24.2. The Morgan fingerprint density at radius 3 is 2.31 bits per heavy atom. The van der Waals surface area contributed by atoms with E-state index < -0.39 is 5.91 Å². The van der Waals surface area contributed by atoms with Crippen molar-refractivity contribution in [2.45, 2.75) is 26.7 Å². The maximum Gasteiger partial charge on any atom is 0.283 e. The number of carbonyl (C=O) groups excluding carboxylic acids is 2. The molecule has 9 nitrogen and oxygen atoms in total. The summed E-state index contributed by atoms with van der Waals surface area (Å²) >= 11 is 1.34. The number of nitrogens with zero attached hydrogens (tertiary/aromatic N) is 3. The number of fused-ring (bicyclic) bond motifs is 1. The Labute approximate surface area is 207 Å². The van der Waals surface area contributed by atoms with Gasteiger partial charge in [-0.2, -0.15) is 15.1 Å². The lowest BCUT2D eigenvalue weighted by Crippen LogP contribution is -2.35. The largest absolute Gasteiger partial charge is 0.490 e. The van der Waals surface area contributed by atoms with Crippen LogP contribution in [0, 0.1) is 5.41 Å². The van der Waals surface area contributed by atoms with Crippen molar-refractivity contribution < 1.29 is 19.1 Å². The predicted octanol–water partition coefficient (Wildman–Crippen LogP) is 4.52. The Hall–Kier alpha value is -3.92. The lowest BCUT2D eigenvalue weighted by atomic mass is 10.1. The number of thioether (sulfide) groups is 1. The standard InChI is InChI=1S/C25H25N5O4S/c1-3-4-22-29-30-23(26)21(24(32)28-25(30)35-22)15-17-5-9-19(10-6-17)33-13-14-34-20-11-7-18(8-12-20)27-16(2)31/h5-12,15,26H,3-4,13-14H2,1-2H3,(H,27,31)/b21-15-,26-23?. The van der Waals surface area contributed by atoms with Crippen LogP contribution in [-0.4, -0.2) is 46.1 Å². The second kappa shape index (κ2) is 11.0. The van der Waals surface area contributed by atoms with Gasteiger partial charge in [-0.25, -0.2) is 0 Å². The monoisotopic (exact) mass is 491 g/mol. The Morgan fingerprint density at radius 2 is 1.71 bits per heavy atom. The van der Waals surface area contributed by atoms with Gasteiger partial charge in [0.15, 0.2) is 5.84 Å². The third-order valence-corrected chi connectivity index (χ3v) is 5.91. The van der Waals surface area contributed by atoms with E-state index in [1.165, 1.54) is 23.7 Å². The molecule has 0 bridgehead atoms. The predicted molar refractivity (Wildman–Crippen MR) is 138 cm³/mol. The molecule has 2 N–H and O–H groups in total. The molecular formula is C25H25N5O4S. The van der Waals surface area contributed by atoms with Crippen molar-refractivity contribution in [3.63, 3.8) is 0 Å². The molecule has 180 valence electrons. The molecule has 0 fully saturated rings. The molecule has 10 heteroatoms. The van der Waals surface area contributed by atoms with Crippen LogP contribution in [0.3, 0.4) is 0 Å². The number of ether oxygens (including phenoxy) is 2. The van der Waals surface area contributed by atoms with Gasteiger partial charge in [0.25, 0.3) is 5.91 Å². The van der Waals surface area contributed by atoms with Crippen molar-refractivity contribution in [2.24, 2.45) is 10.1 Å². The first-order chi connectivity index (χ1) is 16.9. The highest BCUT2D eigenvalue weighted by molar-refractivity contribution is 8.26. The van der Waals surface area contributed by atoms with Gasteiger partial charge >= 0.3 is 0 Å². The molecule has 2 aliphatic heterocycles. The summed E-state index contributed by atoms with van der Waals surface area (Å²) in [7, 11) is 0. The molecule has 2 heterocycles. The molecule has 0 spiro atoms. The number of hydrazone groups is 1. The molecule has 0 atom stereocenters. The molecule has 0 unspecified atom stereocenters. The molecule has 2 amide bonds. The maximum atomic E-state index is 12.5. The van der Waals surface area contributed by atoms with Gasteiger partial charge in [-0.1, -0.05) is 19.1 Å². The molecule has 2 aromatic carbocycles. The lowest BCUT2D eigenvalue weighted by molar-refractivity contribution is -0.115. The summed E-state index contributed by atoms with van der Waals surface area (Å²) in [4.78, 5) is 27.7. The zero-order chi connectivity index (χ0) is 24.8. The van der Waals surface area contributed by atoms with E-state index in [4.69, 9.17) is 14.9 Å². The van der Waals surface area contributed by atoms with Crippen LogP contribution in [0.25, 0.3) is 6.08 Å².